The maximum atomic E-state index is 14.7. The molecule has 4 aromatic rings. The van der Waals surface area contributed by atoms with Crippen LogP contribution in [0.2, 0.25) is 5.02 Å². The van der Waals surface area contributed by atoms with Gasteiger partial charge in [-0.2, -0.15) is 22.7 Å². The number of nitrogens with zero attached hydrogens (tertiary/aromatic N) is 7. The Morgan fingerprint density at radius 3 is 2.65 bits per heavy atom. The predicted octanol–water partition coefficient (Wildman–Crippen LogP) is 5.13. The van der Waals surface area contributed by atoms with Crippen molar-refractivity contribution in [2.45, 2.75) is 71.0 Å². The number of rotatable bonds is 5. The standard InChI is InChI=1S/C35H36ClF3N8O5/c1-18-14-34(9-10-45(16-33(34,3)4)31(51)26-28(49)19(2)40-17-41-26)25-27(18)46(15-24(48)42-23-6-5-21(13-22(23)36)35(37,38)39)32-43-29(44-47(32)30(25)50)20-7-11-52-12-8-20/h5-7,13,17-18,49H,8-12,14-16H2,1-4H3,(H,42,48)/t18-,34-/m0/s1. The van der Waals surface area contributed by atoms with Gasteiger partial charge in [-0.15, -0.1) is 5.10 Å². The van der Waals surface area contributed by atoms with Gasteiger partial charge in [-0.3, -0.25) is 14.4 Å². The Morgan fingerprint density at radius 2 is 1.98 bits per heavy atom. The average Bonchev–Trinajstić information content (AvgIpc) is 3.67. The van der Waals surface area contributed by atoms with Crippen molar-refractivity contribution in [1.82, 2.24) is 34.0 Å². The molecule has 274 valence electrons. The number of hydrogen-bond acceptors (Lipinski definition) is 9. The van der Waals surface area contributed by atoms with Crippen LogP contribution in [0.4, 0.5) is 18.9 Å². The molecule has 1 aromatic carbocycles. The summed E-state index contributed by atoms with van der Waals surface area (Å²) in [7, 11) is 0. The molecule has 2 N–H and O–H groups in total. The number of anilines is 1. The SMILES string of the molecule is Cc1ncnc(C(=O)N2CC[C@@]3(C[C@H](C)c4c3c(=O)n3nc(C5=CCOCC5)nc3n4CC(=O)Nc3ccc(C(F)(F)F)cc3Cl)C(C)(C)C2)c1O. The first kappa shape index (κ1) is 35.6. The number of nitrogens with one attached hydrogen (secondary N) is 1. The molecule has 1 fully saturated rings. The molecule has 1 aliphatic carbocycles. The number of hydrogen-bond donors (Lipinski definition) is 2. The third kappa shape index (κ3) is 5.81. The summed E-state index contributed by atoms with van der Waals surface area (Å²) >= 11 is 6.17. The minimum Gasteiger partial charge on any atom is -0.504 e. The molecule has 2 amide bonds. The fraction of sp³-hybridized carbons (Fsp3) is 0.457. The quantitative estimate of drug-likeness (QED) is 0.283. The number of fused-ring (bicyclic) bond motifs is 3. The summed E-state index contributed by atoms with van der Waals surface area (Å²) in [6.07, 6.45) is -0.0930. The minimum atomic E-state index is -4.61. The Labute approximate surface area is 300 Å². The van der Waals surface area contributed by atoms with Crippen LogP contribution in [0.1, 0.15) is 84.8 Å². The van der Waals surface area contributed by atoms with Crippen molar-refractivity contribution in [3.63, 3.8) is 0 Å². The average molecular weight is 741 g/mol. The molecule has 0 unspecified atom stereocenters. The molecular weight excluding hydrogens is 705 g/mol. The number of piperidine rings is 1. The summed E-state index contributed by atoms with van der Waals surface area (Å²) in [4.78, 5) is 56.4. The molecule has 2 atom stereocenters. The van der Waals surface area contributed by atoms with Gasteiger partial charge in [0.05, 0.1) is 35.2 Å². The van der Waals surface area contributed by atoms with Gasteiger partial charge in [0.25, 0.3) is 11.5 Å². The van der Waals surface area contributed by atoms with Crippen molar-refractivity contribution in [3.8, 4) is 5.75 Å². The number of alkyl halides is 3. The van der Waals surface area contributed by atoms with Gasteiger partial charge in [0.2, 0.25) is 11.7 Å². The zero-order valence-corrected chi connectivity index (χ0v) is 29.6. The lowest BCUT2D eigenvalue weighted by Crippen LogP contribution is -2.57. The fourth-order valence-corrected chi connectivity index (χ4v) is 8.29. The molecule has 1 saturated heterocycles. The maximum Gasteiger partial charge on any atom is 0.416 e. The fourth-order valence-electron chi connectivity index (χ4n) is 8.06. The topological polar surface area (TPSA) is 157 Å². The summed E-state index contributed by atoms with van der Waals surface area (Å²) in [5, 5.41) is 17.5. The summed E-state index contributed by atoms with van der Waals surface area (Å²) in [5.41, 5.74) is -0.727. The van der Waals surface area contributed by atoms with Gasteiger partial charge < -0.3 is 24.6 Å². The van der Waals surface area contributed by atoms with Crippen molar-refractivity contribution in [2.75, 3.05) is 31.6 Å². The maximum absolute atomic E-state index is 14.7. The Balaban J connectivity index is 1.31. The van der Waals surface area contributed by atoms with Gasteiger partial charge in [0, 0.05) is 29.8 Å². The lowest BCUT2D eigenvalue weighted by atomic mass is 9.58. The van der Waals surface area contributed by atoms with E-state index in [0.29, 0.717) is 49.6 Å². The highest BCUT2D eigenvalue weighted by Gasteiger charge is 2.58. The minimum absolute atomic E-state index is 0.00416. The zero-order chi connectivity index (χ0) is 37.3. The third-order valence-corrected chi connectivity index (χ3v) is 11.0. The summed E-state index contributed by atoms with van der Waals surface area (Å²) in [6, 6.07) is 2.68. The molecule has 0 saturated carbocycles. The molecule has 7 rings (SSSR count). The second kappa shape index (κ2) is 12.7. The summed E-state index contributed by atoms with van der Waals surface area (Å²) in [5.74, 6) is -1.11. The molecule has 0 bridgehead atoms. The van der Waals surface area contributed by atoms with E-state index in [2.05, 4.69) is 20.4 Å². The molecule has 3 aliphatic rings. The van der Waals surface area contributed by atoms with Crippen LogP contribution < -0.4 is 10.9 Å². The van der Waals surface area contributed by atoms with Crippen LogP contribution in [0.3, 0.4) is 0 Å². The lowest BCUT2D eigenvalue weighted by molar-refractivity contribution is -0.137. The molecular formula is C35H36ClF3N8O5. The van der Waals surface area contributed by atoms with E-state index >= 15 is 0 Å². The lowest BCUT2D eigenvalue weighted by Gasteiger charge is -2.52. The van der Waals surface area contributed by atoms with Crippen molar-refractivity contribution < 1.29 is 32.6 Å². The molecule has 5 heterocycles. The molecule has 0 radical (unpaired) electrons. The van der Waals surface area contributed by atoms with E-state index in [1.807, 2.05) is 26.8 Å². The summed E-state index contributed by atoms with van der Waals surface area (Å²) in [6.45, 7) is 8.50. The van der Waals surface area contributed by atoms with Gasteiger partial charge in [-0.1, -0.05) is 38.4 Å². The number of ether oxygens (including phenoxy) is 1. The number of carbonyl (C=O) groups excluding carboxylic acids is 2. The van der Waals surface area contributed by atoms with Crippen LogP contribution in [-0.2, 0) is 27.7 Å². The van der Waals surface area contributed by atoms with E-state index in [0.717, 1.165) is 23.8 Å². The van der Waals surface area contributed by atoms with Gasteiger partial charge >= 0.3 is 6.18 Å². The van der Waals surface area contributed by atoms with Gasteiger partial charge in [0.1, 0.15) is 12.9 Å². The summed E-state index contributed by atoms with van der Waals surface area (Å²) < 4.78 is 48.1. The van der Waals surface area contributed by atoms with Gasteiger partial charge in [0.15, 0.2) is 17.3 Å². The van der Waals surface area contributed by atoms with Gasteiger partial charge in [-0.25, -0.2) is 9.97 Å². The number of carbonyl (C=O) groups is 2. The first-order valence-corrected chi connectivity index (χ1v) is 17.2. The number of halogens is 4. The first-order chi connectivity index (χ1) is 24.5. The zero-order valence-electron chi connectivity index (χ0n) is 28.8. The van der Waals surface area contributed by atoms with E-state index < -0.39 is 34.4 Å². The predicted molar refractivity (Wildman–Crippen MR) is 183 cm³/mol. The normalized spacial score (nSPS) is 21.3. The highest BCUT2D eigenvalue weighted by molar-refractivity contribution is 6.33. The van der Waals surface area contributed by atoms with Gasteiger partial charge in [-0.05, 0) is 61.3 Å². The van der Waals surface area contributed by atoms with E-state index in [9.17, 15) is 32.7 Å². The number of aryl methyl sites for hydroxylation is 1. The first-order valence-electron chi connectivity index (χ1n) is 16.8. The van der Waals surface area contributed by atoms with E-state index in [-0.39, 0.29) is 64.7 Å². The van der Waals surface area contributed by atoms with Crippen molar-refractivity contribution in [1.29, 1.82) is 0 Å². The Bertz CT molecular complexity index is 2230. The van der Waals surface area contributed by atoms with Crippen LogP contribution in [0.5, 0.6) is 5.75 Å². The molecule has 3 aromatic heterocycles. The van der Waals surface area contributed by atoms with Crippen molar-refractivity contribution in [2.24, 2.45) is 5.41 Å². The highest BCUT2D eigenvalue weighted by atomic mass is 35.5. The molecule has 13 nitrogen and oxygen atoms in total. The molecule has 1 spiro atoms. The number of likely N-dealkylation sites (tertiary alicyclic amines) is 1. The molecule has 52 heavy (non-hydrogen) atoms. The number of benzene rings is 1. The van der Waals surface area contributed by atoms with E-state index in [1.54, 1.807) is 16.4 Å². The van der Waals surface area contributed by atoms with Crippen LogP contribution in [-0.4, -0.2) is 77.3 Å². The molecule has 17 heteroatoms. The van der Waals surface area contributed by atoms with Crippen LogP contribution in [0.15, 0.2) is 35.4 Å². The number of aromatic nitrogens is 6. The van der Waals surface area contributed by atoms with Crippen molar-refractivity contribution >= 4 is 40.5 Å². The third-order valence-electron chi connectivity index (χ3n) is 10.7. The second-order valence-corrected chi connectivity index (χ2v) is 14.7. The van der Waals surface area contributed by atoms with Crippen LogP contribution in [0, 0.1) is 12.3 Å². The Morgan fingerprint density at radius 1 is 1.21 bits per heavy atom. The van der Waals surface area contributed by atoms with Crippen LogP contribution in [0.25, 0.3) is 11.4 Å². The highest BCUT2D eigenvalue weighted by Crippen LogP contribution is 2.58. The Hall–Kier alpha value is -4.83. The number of amides is 2. The van der Waals surface area contributed by atoms with E-state index in [4.69, 9.17) is 21.3 Å². The van der Waals surface area contributed by atoms with Crippen molar-refractivity contribution in [3.05, 3.63) is 80.0 Å². The van der Waals surface area contributed by atoms with E-state index in [1.165, 1.54) is 10.8 Å². The monoisotopic (exact) mass is 740 g/mol. The smallest absolute Gasteiger partial charge is 0.416 e. The second-order valence-electron chi connectivity index (χ2n) is 14.3. The van der Waals surface area contributed by atoms with Crippen LogP contribution >= 0.6 is 11.6 Å². The largest absolute Gasteiger partial charge is 0.504 e. The number of aromatic hydroxyl groups is 1. The molecule has 2 aliphatic heterocycles. The Kier molecular flexibility index (Phi) is 8.68.